The van der Waals surface area contributed by atoms with Crippen molar-refractivity contribution in [1.29, 1.82) is 0 Å². The number of ether oxygens (including phenoxy) is 1. The maximum Gasteiger partial charge on any atom is 0.226 e. The van der Waals surface area contributed by atoms with E-state index in [1.165, 1.54) is 0 Å². The van der Waals surface area contributed by atoms with Crippen LogP contribution in [0.1, 0.15) is 40.5 Å². The van der Waals surface area contributed by atoms with Gasteiger partial charge in [-0.15, -0.1) is 0 Å². The largest absolute Gasteiger partial charge is 0.494 e. The molecule has 1 unspecified atom stereocenters. The summed E-state index contributed by atoms with van der Waals surface area (Å²) in [6, 6.07) is 7.73. The zero-order chi connectivity index (χ0) is 17.7. The zero-order valence-corrected chi connectivity index (χ0v) is 15.7. The first kappa shape index (κ1) is 18.5. The van der Waals surface area contributed by atoms with E-state index < -0.39 is 0 Å². The number of anilines is 1. The average molecular weight is 350 g/mol. The van der Waals surface area contributed by atoms with Gasteiger partial charge in [-0.05, 0) is 70.6 Å². The highest BCUT2D eigenvalue weighted by Crippen LogP contribution is 2.22. The fourth-order valence-electron chi connectivity index (χ4n) is 3.03. The molecule has 0 spiro atoms. The van der Waals surface area contributed by atoms with E-state index in [-0.39, 0.29) is 11.4 Å². The summed E-state index contributed by atoms with van der Waals surface area (Å²) >= 11 is 5.44. The fourth-order valence-corrected chi connectivity index (χ4v) is 3.58. The number of carbonyl (C=O) groups excluding carboxylic acids is 1. The van der Waals surface area contributed by atoms with Gasteiger partial charge in [0.2, 0.25) is 5.91 Å². The predicted molar refractivity (Wildman–Crippen MR) is 101 cm³/mol. The highest BCUT2D eigenvalue weighted by atomic mass is 32.1. The van der Waals surface area contributed by atoms with E-state index in [2.05, 4.69) is 36.3 Å². The van der Waals surface area contributed by atoms with E-state index in [0.717, 1.165) is 23.0 Å². The van der Waals surface area contributed by atoms with Gasteiger partial charge in [0.25, 0.3) is 0 Å². The van der Waals surface area contributed by atoms with Crippen LogP contribution in [0.5, 0.6) is 5.75 Å². The minimum atomic E-state index is -0.0148. The van der Waals surface area contributed by atoms with Crippen molar-refractivity contribution in [2.45, 2.75) is 52.1 Å². The molecule has 0 aliphatic carbocycles. The highest BCUT2D eigenvalue weighted by molar-refractivity contribution is 7.80. The van der Waals surface area contributed by atoms with Crippen LogP contribution in [-0.4, -0.2) is 40.7 Å². The van der Waals surface area contributed by atoms with Gasteiger partial charge in [0.1, 0.15) is 5.75 Å². The molecule has 1 aliphatic heterocycles. The van der Waals surface area contributed by atoms with E-state index in [4.69, 9.17) is 17.0 Å². The summed E-state index contributed by atoms with van der Waals surface area (Å²) in [6.45, 7) is 9.63. The van der Waals surface area contributed by atoms with E-state index in [1.807, 2.05) is 31.2 Å². The molecule has 1 fully saturated rings. The standard InChI is InChI=1S/C18H27N3O2S/c1-5-23-15-8-6-14(7-9-15)19-16(22)10-11-21-13(2)12-18(3,4)20-17(21)24/h6-9,13H,5,10-12H2,1-4H3,(H,19,22)(H,20,24). The van der Waals surface area contributed by atoms with Crippen LogP contribution < -0.4 is 15.4 Å². The number of amides is 1. The van der Waals surface area contributed by atoms with Crippen LogP contribution in [0.25, 0.3) is 0 Å². The number of rotatable bonds is 6. The van der Waals surface area contributed by atoms with E-state index >= 15 is 0 Å². The van der Waals surface area contributed by atoms with Crippen molar-refractivity contribution in [3.63, 3.8) is 0 Å². The molecule has 1 heterocycles. The molecule has 24 heavy (non-hydrogen) atoms. The quantitative estimate of drug-likeness (QED) is 0.773. The molecule has 0 aromatic heterocycles. The molecular formula is C18H27N3O2S. The number of thiocarbonyl (C=S) groups is 1. The smallest absolute Gasteiger partial charge is 0.226 e. The molecule has 1 atom stereocenters. The summed E-state index contributed by atoms with van der Waals surface area (Å²) in [6.07, 6.45) is 1.40. The molecule has 1 aromatic rings. The lowest BCUT2D eigenvalue weighted by atomic mass is 9.93. The Labute approximate surface area is 149 Å². The molecule has 0 saturated carbocycles. The van der Waals surface area contributed by atoms with Gasteiger partial charge in [-0.25, -0.2) is 0 Å². The van der Waals surface area contributed by atoms with Gasteiger partial charge in [0.15, 0.2) is 5.11 Å². The Morgan fingerprint density at radius 1 is 1.42 bits per heavy atom. The van der Waals surface area contributed by atoms with Gasteiger partial charge in [-0.1, -0.05) is 0 Å². The molecule has 5 nitrogen and oxygen atoms in total. The number of benzene rings is 1. The van der Waals surface area contributed by atoms with E-state index in [1.54, 1.807) is 0 Å². The maximum atomic E-state index is 12.2. The van der Waals surface area contributed by atoms with Crippen LogP contribution >= 0.6 is 12.2 Å². The summed E-state index contributed by atoms with van der Waals surface area (Å²) in [7, 11) is 0. The second-order valence-corrected chi connectivity index (χ2v) is 7.20. The molecule has 132 valence electrons. The number of hydrogen-bond acceptors (Lipinski definition) is 3. The van der Waals surface area contributed by atoms with Gasteiger partial charge >= 0.3 is 0 Å². The third-order valence-electron chi connectivity index (χ3n) is 4.07. The summed E-state index contributed by atoms with van der Waals surface area (Å²) in [5.41, 5.74) is 0.786. The minimum Gasteiger partial charge on any atom is -0.494 e. The van der Waals surface area contributed by atoms with Crippen molar-refractivity contribution >= 4 is 28.9 Å². The van der Waals surface area contributed by atoms with Gasteiger partial charge in [-0.2, -0.15) is 0 Å². The molecule has 2 N–H and O–H groups in total. The Bertz CT molecular complexity index is 586. The molecule has 1 amide bonds. The summed E-state index contributed by atoms with van der Waals surface area (Å²) < 4.78 is 5.39. The van der Waals surface area contributed by atoms with Crippen LogP contribution in [0, 0.1) is 0 Å². The van der Waals surface area contributed by atoms with E-state index in [0.29, 0.717) is 25.6 Å². The van der Waals surface area contributed by atoms with Crippen molar-refractivity contribution in [2.75, 3.05) is 18.5 Å². The number of carbonyl (C=O) groups is 1. The molecule has 0 radical (unpaired) electrons. The third-order valence-corrected chi connectivity index (χ3v) is 4.41. The topological polar surface area (TPSA) is 53.6 Å². The van der Waals surface area contributed by atoms with Crippen molar-refractivity contribution < 1.29 is 9.53 Å². The summed E-state index contributed by atoms with van der Waals surface area (Å²) in [5.74, 6) is 0.788. The first-order valence-corrected chi connectivity index (χ1v) is 8.83. The maximum absolute atomic E-state index is 12.2. The normalized spacial score (nSPS) is 19.6. The summed E-state index contributed by atoms with van der Waals surface area (Å²) in [5, 5.41) is 6.98. The van der Waals surface area contributed by atoms with Gasteiger partial charge < -0.3 is 20.3 Å². The van der Waals surface area contributed by atoms with Gasteiger partial charge in [0.05, 0.1) is 6.61 Å². The van der Waals surface area contributed by atoms with Crippen LogP contribution in [0.15, 0.2) is 24.3 Å². The molecule has 1 saturated heterocycles. The third kappa shape index (κ3) is 5.09. The molecule has 1 aliphatic rings. The van der Waals surface area contributed by atoms with Crippen LogP contribution in [-0.2, 0) is 4.79 Å². The molecular weight excluding hydrogens is 322 g/mol. The van der Waals surface area contributed by atoms with Crippen molar-refractivity contribution in [2.24, 2.45) is 0 Å². The predicted octanol–water partition coefficient (Wildman–Crippen LogP) is 3.16. The molecule has 2 rings (SSSR count). The molecule has 0 bridgehead atoms. The minimum absolute atomic E-state index is 0.0115. The number of nitrogens with zero attached hydrogens (tertiary/aromatic N) is 1. The average Bonchev–Trinajstić information content (AvgIpc) is 2.47. The summed E-state index contributed by atoms with van der Waals surface area (Å²) in [4.78, 5) is 14.3. The SMILES string of the molecule is CCOc1ccc(NC(=O)CCN2C(=S)NC(C)(C)CC2C)cc1. The van der Waals surface area contributed by atoms with Crippen LogP contribution in [0.4, 0.5) is 5.69 Å². The second kappa shape index (κ2) is 7.83. The van der Waals surface area contributed by atoms with Crippen molar-refractivity contribution in [1.82, 2.24) is 10.2 Å². The Kier molecular flexibility index (Phi) is 6.04. The first-order chi connectivity index (χ1) is 11.3. The molecule has 6 heteroatoms. The second-order valence-electron chi connectivity index (χ2n) is 6.82. The van der Waals surface area contributed by atoms with E-state index in [9.17, 15) is 4.79 Å². The van der Waals surface area contributed by atoms with Crippen LogP contribution in [0.2, 0.25) is 0 Å². The fraction of sp³-hybridized carbons (Fsp3) is 0.556. The number of nitrogens with one attached hydrogen (secondary N) is 2. The lowest BCUT2D eigenvalue weighted by Gasteiger charge is -2.44. The number of hydrogen-bond donors (Lipinski definition) is 2. The van der Waals surface area contributed by atoms with Crippen LogP contribution in [0.3, 0.4) is 0 Å². The van der Waals surface area contributed by atoms with Crippen molar-refractivity contribution in [3.8, 4) is 5.75 Å². The first-order valence-electron chi connectivity index (χ1n) is 8.42. The Balaban J connectivity index is 1.83. The zero-order valence-electron chi connectivity index (χ0n) is 14.9. The Hall–Kier alpha value is -1.82. The highest BCUT2D eigenvalue weighted by Gasteiger charge is 2.32. The van der Waals surface area contributed by atoms with Gasteiger partial charge in [-0.3, -0.25) is 4.79 Å². The van der Waals surface area contributed by atoms with Gasteiger partial charge in [0, 0.05) is 30.2 Å². The lowest BCUT2D eigenvalue weighted by molar-refractivity contribution is -0.116. The lowest BCUT2D eigenvalue weighted by Crippen LogP contribution is -2.60. The monoisotopic (exact) mass is 349 g/mol. The van der Waals surface area contributed by atoms with Crippen molar-refractivity contribution in [3.05, 3.63) is 24.3 Å². The Morgan fingerprint density at radius 3 is 2.67 bits per heavy atom. The molecule has 1 aromatic carbocycles. The Morgan fingerprint density at radius 2 is 2.08 bits per heavy atom.